The van der Waals surface area contributed by atoms with Gasteiger partial charge < -0.3 is 5.32 Å². The number of halogens is 2. The SMILES string of the molecule is O=C1NC2(CCCCC2)C(=O)N1N=Cc1ccc(Cl)c(Cl)c1. The van der Waals surface area contributed by atoms with Crippen LogP contribution in [0.5, 0.6) is 0 Å². The van der Waals surface area contributed by atoms with Gasteiger partial charge in [-0.1, -0.05) is 48.5 Å². The minimum Gasteiger partial charge on any atom is -0.321 e. The fourth-order valence-electron chi connectivity index (χ4n) is 2.92. The molecule has 7 heteroatoms. The zero-order chi connectivity index (χ0) is 15.7. The first-order valence-corrected chi connectivity index (χ1v) is 7.93. The fourth-order valence-corrected chi connectivity index (χ4v) is 3.23. The van der Waals surface area contributed by atoms with Gasteiger partial charge in [-0.25, -0.2) is 4.79 Å². The summed E-state index contributed by atoms with van der Waals surface area (Å²) in [4.78, 5) is 24.6. The number of carbonyl (C=O) groups excluding carboxylic acids is 2. The van der Waals surface area contributed by atoms with Gasteiger partial charge in [0.1, 0.15) is 5.54 Å². The molecule has 1 spiro atoms. The predicted molar refractivity (Wildman–Crippen MR) is 85.2 cm³/mol. The highest BCUT2D eigenvalue weighted by Crippen LogP contribution is 2.33. The van der Waals surface area contributed by atoms with Crippen LogP contribution in [-0.2, 0) is 4.79 Å². The Hall–Kier alpha value is -1.59. The van der Waals surface area contributed by atoms with E-state index >= 15 is 0 Å². The summed E-state index contributed by atoms with van der Waals surface area (Å²) in [5.41, 5.74) is -0.0933. The zero-order valence-corrected chi connectivity index (χ0v) is 13.3. The number of hydrazone groups is 1. The van der Waals surface area contributed by atoms with E-state index in [2.05, 4.69) is 10.4 Å². The second kappa shape index (κ2) is 5.89. The van der Waals surface area contributed by atoms with Crippen molar-refractivity contribution in [1.29, 1.82) is 0 Å². The summed E-state index contributed by atoms with van der Waals surface area (Å²) in [6.45, 7) is 0. The normalized spacial score (nSPS) is 20.9. The summed E-state index contributed by atoms with van der Waals surface area (Å²) in [6, 6.07) is 4.51. The average Bonchev–Trinajstić information content (AvgIpc) is 2.72. The molecule has 1 saturated carbocycles. The molecule has 1 aromatic rings. The van der Waals surface area contributed by atoms with Gasteiger partial charge in [0.15, 0.2) is 0 Å². The molecular weight excluding hydrogens is 325 g/mol. The Morgan fingerprint density at radius 3 is 2.55 bits per heavy atom. The lowest BCUT2D eigenvalue weighted by atomic mass is 9.82. The number of amides is 3. The number of rotatable bonds is 2. The minimum absolute atomic E-state index is 0.270. The Balaban J connectivity index is 1.79. The molecule has 0 unspecified atom stereocenters. The first-order chi connectivity index (χ1) is 10.5. The van der Waals surface area contributed by atoms with Crippen LogP contribution in [0.4, 0.5) is 4.79 Å². The molecule has 22 heavy (non-hydrogen) atoms. The highest BCUT2D eigenvalue weighted by molar-refractivity contribution is 6.42. The number of hydrogen-bond donors (Lipinski definition) is 1. The van der Waals surface area contributed by atoms with Crippen molar-refractivity contribution < 1.29 is 9.59 Å². The molecule has 3 amide bonds. The summed E-state index contributed by atoms with van der Waals surface area (Å²) in [5.74, 6) is -0.270. The number of nitrogens with one attached hydrogen (secondary N) is 1. The van der Waals surface area contributed by atoms with Gasteiger partial charge in [-0.2, -0.15) is 5.10 Å². The third kappa shape index (κ3) is 2.71. The van der Waals surface area contributed by atoms with Gasteiger partial charge in [0, 0.05) is 0 Å². The third-order valence-corrected chi connectivity index (χ3v) is 4.85. The number of carbonyl (C=O) groups is 2. The first-order valence-electron chi connectivity index (χ1n) is 7.18. The largest absolute Gasteiger partial charge is 0.346 e. The van der Waals surface area contributed by atoms with E-state index in [-0.39, 0.29) is 5.91 Å². The number of hydrogen-bond acceptors (Lipinski definition) is 3. The number of imide groups is 1. The lowest BCUT2D eigenvalue weighted by Crippen LogP contribution is -2.48. The van der Waals surface area contributed by atoms with Crippen molar-refractivity contribution in [2.75, 3.05) is 0 Å². The quantitative estimate of drug-likeness (QED) is 0.661. The molecule has 1 heterocycles. The Bertz CT molecular complexity index is 654. The molecular formula is C15H15Cl2N3O2. The van der Waals surface area contributed by atoms with Crippen LogP contribution in [0.3, 0.4) is 0 Å². The van der Waals surface area contributed by atoms with Crippen LogP contribution in [0.1, 0.15) is 37.7 Å². The smallest absolute Gasteiger partial charge is 0.321 e. The van der Waals surface area contributed by atoms with Crippen LogP contribution in [-0.4, -0.2) is 28.7 Å². The molecule has 0 aromatic heterocycles. The second-order valence-corrected chi connectivity index (χ2v) is 6.42. The highest BCUT2D eigenvalue weighted by atomic mass is 35.5. The minimum atomic E-state index is -0.760. The van der Waals surface area contributed by atoms with Crippen LogP contribution in [0, 0.1) is 0 Å². The predicted octanol–water partition coefficient (Wildman–Crippen LogP) is 3.58. The topological polar surface area (TPSA) is 61.8 Å². The van der Waals surface area contributed by atoms with Crippen LogP contribution in [0.2, 0.25) is 10.0 Å². The number of urea groups is 1. The van der Waals surface area contributed by atoms with Crippen molar-refractivity contribution in [3.63, 3.8) is 0 Å². The standard InChI is InChI=1S/C15H15Cl2N3O2/c16-11-5-4-10(8-12(11)17)9-18-20-13(21)15(19-14(20)22)6-2-1-3-7-15/h4-5,8-9H,1-3,6-7H2,(H,19,22). The molecule has 2 fully saturated rings. The summed E-state index contributed by atoms with van der Waals surface area (Å²) in [6.07, 6.45) is 5.76. The molecule has 0 bridgehead atoms. The van der Waals surface area contributed by atoms with Gasteiger partial charge in [-0.15, -0.1) is 5.01 Å². The van der Waals surface area contributed by atoms with Crippen molar-refractivity contribution in [1.82, 2.24) is 10.3 Å². The monoisotopic (exact) mass is 339 g/mol. The lowest BCUT2D eigenvalue weighted by Gasteiger charge is -2.29. The van der Waals surface area contributed by atoms with Gasteiger partial charge in [0.25, 0.3) is 5.91 Å². The van der Waals surface area contributed by atoms with Gasteiger partial charge in [0.05, 0.1) is 16.3 Å². The van der Waals surface area contributed by atoms with Crippen molar-refractivity contribution in [3.8, 4) is 0 Å². The molecule has 0 radical (unpaired) electrons. The Morgan fingerprint density at radius 1 is 1.14 bits per heavy atom. The van der Waals surface area contributed by atoms with Gasteiger partial charge in [-0.05, 0) is 30.5 Å². The van der Waals surface area contributed by atoms with E-state index in [1.165, 1.54) is 6.21 Å². The van der Waals surface area contributed by atoms with Crippen molar-refractivity contribution in [2.45, 2.75) is 37.6 Å². The van der Waals surface area contributed by atoms with Crippen molar-refractivity contribution in [3.05, 3.63) is 33.8 Å². The summed E-state index contributed by atoms with van der Waals surface area (Å²) in [7, 11) is 0. The fraction of sp³-hybridized carbons (Fsp3) is 0.400. The zero-order valence-electron chi connectivity index (χ0n) is 11.8. The molecule has 2 aliphatic rings. The molecule has 3 rings (SSSR count). The Kier molecular flexibility index (Phi) is 4.10. The average molecular weight is 340 g/mol. The summed E-state index contributed by atoms with van der Waals surface area (Å²) >= 11 is 11.8. The molecule has 1 aliphatic heterocycles. The second-order valence-electron chi connectivity index (χ2n) is 5.61. The van der Waals surface area contributed by atoms with Crippen LogP contribution in [0.15, 0.2) is 23.3 Å². The first kappa shape index (κ1) is 15.3. The van der Waals surface area contributed by atoms with Gasteiger partial charge in [0.2, 0.25) is 0 Å². The van der Waals surface area contributed by atoms with Gasteiger partial charge in [-0.3, -0.25) is 4.79 Å². The van der Waals surface area contributed by atoms with E-state index < -0.39 is 11.6 Å². The molecule has 116 valence electrons. The maximum atomic E-state index is 12.5. The number of nitrogens with zero attached hydrogens (tertiary/aromatic N) is 2. The maximum Gasteiger partial charge on any atom is 0.346 e. The molecule has 5 nitrogen and oxygen atoms in total. The molecule has 1 aromatic carbocycles. The van der Waals surface area contributed by atoms with Crippen LogP contribution >= 0.6 is 23.2 Å². The van der Waals surface area contributed by atoms with Crippen LogP contribution < -0.4 is 5.32 Å². The number of benzene rings is 1. The lowest BCUT2D eigenvalue weighted by molar-refractivity contribution is -0.132. The molecule has 1 aliphatic carbocycles. The summed E-state index contributed by atoms with van der Waals surface area (Å²) < 4.78 is 0. The van der Waals surface area contributed by atoms with E-state index in [1.54, 1.807) is 18.2 Å². The molecule has 1 saturated heterocycles. The van der Waals surface area contributed by atoms with E-state index in [0.717, 1.165) is 24.3 Å². The molecule has 0 atom stereocenters. The van der Waals surface area contributed by atoms with E-state index in [4.69, 9.17) is 23.2 Å². The van der Waals surface area contributed by atoms with E-state index in [1.807, 2.05) is 0 Å². The highest BCUT2D eigenvalue weighted by Gasteiger charge is 2.51. The van der Waals surface area contributed by atoms with Crippen LogP contribution in [0.25, 0.3) is 0 Å². The van der Waals surface area contributed by atoms with E-state index in [0.29, 0.717) is 28.5 Å². The molecule has 1 N–H and O–H groups in total. The Labute approximate surface area is 138 Å². The maximum absolute atomic E-state index is 12.5. The van der Waals surface area contributed by atoms with Crippen molar-refractivity contribution >= 4 is 41.4 Å². The Morgan fingerprint density at radius 2 is 1.86 bits per heavy atom. The van der Waals surface area contributed by atoms with Crippen molar-refractivity contribution in [2.24, 2.45) is 5.10 Å². The summed E-state index contributed by atoms with van der Waals surface area (Å²) in [5, 5.41) is 8.57. The third-order valence-electron chi connectivity index (χ3n) is 4.11. The van der Waals surface area contributed by atoms with Gasteiger partial charge >= 0.3 is 6.03 Å². The van der Waals surface area contributed by atoms with E-state index in [9.17, 15) is 9.59 Å².